The van der Waals surface area contributed by atoms with Crippen molar-refractivity contribution in [1.29, 1.82) is 0 Å². The van der Waals surface area contributed by atoms with Crippen molar-refractivity contribution in [3.63, 3.8) is 0 Å². The zero-order valence-corrected chi connectivity index (χ0v) is 14.3. The summed E-state index contributed by atoms with van der Waals surface area (Å²) >= 11 is 0. The van der Waals surface area contributed by atoms with E-state index in [1.807, 2.05) is 0 Å². The third kappa shape index (κ3) is 2.18. The number of rotatable bonds is 2. The fraction of sp³-hybridized carbons (Fsp3) is 0.318. The fourth-order valence-electron chi connectivity index (χ4n) is 5.04. The van der Waals surface area contributed by atoms with Crippen molar-refractivity contribution in [1.82, 2.24) is 0 Å². The Hall–Kier alpha value is -2.75. The van der Waals surface area contributed by atoms with Crippen molar-refractivity contribution in [2.24, 2.45) is 17.8 Å². The highest BCUT2D eigenvalue weighted by molar-refractivity contribution is 6.30. The van der Waals surface area contributed by atoms with Crippen LogP contribution in [0.3, 0.4) is 0 Å². The van der Waals surface area contributed by atoms with E-state index in [1.54, 1.807) is 42.5 Å². The van der Waals surface area contributed by atoms with Crippen LogP contribution in [0.5, 0.6) is 0 Å². The summed E-state index contributed by atoms with van der Waals surface area (Å²) in [6.07, 6.45) is 4.45. The first-order valence-electron chi connectivity index (χ1n) is 9.26. The number of anilines is 1. The minimum Gasteiger partial charge on any atom is -0.325 e. The molecule has 0 radical (unpaired) electrons. The average molecular weight is 345 g/mol. The lowest BCUT2D eigenvalue weighted by Gasteiger charge is -2.23. The monoisotopic (exact) mass is 345 g/mol. The number of ketones is 2. The van der Waals surface area contributed by atoms with Gasteiger partial charge in [-0.3, -0.25) is 14.4 Å². The SMILES string of the molecule is O=C1c2ccccc2C(=O)c2c(NC(=O)[C@H]3C[C@H]4CC[C@H]3C4)cccc21. The van der Waals surface area contributed by atoms with Gasteiger partial charge in [-0.05, 0) is 37.2 Å². The van der Waals surface area contributed by atoms with Crippen LogP contribution in [-0.4, -0.2) is 17.5 Å². The topological polar surface area (TPSA) is 63.2 Å². The number of hydrogen-bond donors (Lipinski definition) is 1. The van der Waals surface area contributed by atoms with Gasteiger partial charge in [-0.15, -0.1) is 0 Å². The van der Waals surface area contributed by atoms with Gasteiger partial charge >= 0.3 is 0 Å². The van der Waals surface area contributed by atoms with E-state index in [0.717, 1.165) is 19.3 Å². The lowest BCUT2D eigenvalue weighted by Crippen LogP contribution is -2.29. The van der Waals surface area contributed by atoms with Crippen LogP contribution in [-0.2, 0) is 4.79 Å². The van der Waals surface area contributed by atoms with Crippen LogP contribution in [0.25, 0.3) is 0 Å². The van der Waals surface area contributed by atoms with Crippen molar-refractivity contribution in [3.05, 3.63) is 64.7 Å². The van der Waals surface area contributed by atoms with E-state index in [-0.39, 0.29) is 23.4 Å². The van der Waals surface area contributed by atoms with E-state index in [4.69, 9.17) is 0 Å². The zero-order chi connectivity index (χ0) is 17.8. The second-order valence-electron chi connectivity index (χ2n) is 7.70. The lowest BCUT2D eigenvalue weighted by molar-refractivity contribution is -0.121. The largest absolute Gasteiger partial charge is 0.325 e. The molecule has 0 unspecified atom stereocenters. The minimum absolute atomic E-state index is 0.00953. The van der Waals surface area contributed by atoms with E-state index >= 15 is 0 Å². The number of amides is 1. The molecule has 0 aromatic heterocycles. The van der Waals surface area contributed by atoms with E-state index in [2.05, 4.69) is 5.32 Å². The predicted octanol–water partition coefficient (Wildman–Crippen LogP) is 3.84. The maximum atomic E-state index is 13.0. The Morgan fingerprint density at radius 3 is 2.27 bits per heavy atom. The number of carbonyl (C=O) groups excluding carboxylic acids is 3. The van der Waals surface area contributed by atoms with Crippen LogP contribution >= 0.6 is 0 Å². The first kappa shape index (κ1) is 15.5. The summed E-state index contributed by atoms with van der Waals surface area (Å²) in [5, 5.41) is 2.97. The number of carbonyl (C=O) groups is 3. The summed E-state index contributed by atoms with van der Waals surface area (Å²) in [5.74, 6) is 0.814. The molecular weight excluding hydrogens is 326 g/mol. The van der Waals surface area contributed by atoms with Gasteiger partial charge in [0.15, 0.2) is 11.6 Å². The quantitative estimate of drug-likeness (QED) is 0.767. The van der Waals surface area contributed by atoms with E-state index < -0.39 is 0 Å². The normalized spacial score (nSPS) is 25.8. The highest BCUT2D eigenvalue weighted by atomic mass is 16.2. The molecule has 26 heavy (non-hydrogen) atoms. The third-order valence-electron chi connectivity index (χ3n) is 6.29. The Balaban J connectivity index is 1.51. The maximum Gasteiger partial charge on any atom is 0.227 e. The second-order valence-corrected chi connectivity index (χ2v) is 7.70. The molecule has 0 saturated heterocycles. The number of benzene rings is 2. The number of fused-ring (bicyclic) bond motifs is 4. The molecule has 4 heteroatoms. The molecular formula is C22H19NO3. The fourth-order valence-corrected chi connectivity index (χ4v) is 5.04. The van der Waals surface area contributed by atoms with Gasteiger partial charge in [-0.1, -0.05) is 42.8 Å². The summed E-state index contributed by atoms with van der Waals surface area (Å²) in [4.78, 5) is 38.6. The second kappa shape index (κ2) is 5.63. The van der Waals surface area contributed by atoms with Crippen LogP contribution in [0.1, 0.15) is 57.5 Å². The molecule has 1 amide bonds. The van der Waals surface area contributed by atoms with Gasteiger partial charge in [-0.25, -0.2) is 0 Å². The van der Waals surface area contributed by atoms with E-state index in [0.29, 0.717) is 39.8 Å². The van der Waals surface area contributed by atoms with Crippen LogP contribution < -0.4 is 5.32 Å². The molecule has 1 N–H and O–H groups in total. The first-order chi connectivity index (χ1) is 12.6. The molecule has 3 aliphatic carbocycles. The molecule has 130 valence electrons. The summed E-state index contributed by atoms with van der Waals surface area (Å²) in [5.41, 5.74) is 2.00. The molecule has 2 aromatic rings. The summed E-state index contributed by atoms with van der Waals surface area (Å²) in [7, 11) is 0. The van der Waals surface area contributed by atoms with E-state index in [1.165, 1.54) is 6.42 Å². The van der Waals surface area contributed by atoms with Crippen molar-refractivity contribution >= 4 is 23.2 Å². The predicted molar refractivity (Wildman–Crippen MR) is 97.3 cm³/mol. The summed E-state index contributed by atoms with van der Waals surface area (Å²) in [6.45, 7) is 0. The van der Waals surface area contributed by atoms with Gasteiger partial charge in [0.2, 0.25) is 5.91 Å². The Bertz CT molecular complexity index is 962. The summed E-state index contributed by atoms with van der Waals surface area (Å²) < 4.78 is 0. The van der Waals surface area contributed by atoms with Crippen molar-refractivity contribution in [2.45, 2.75) is 25.7 Å². The van der Waals surface area contributed by atoms with Gasteiger partial charge in [-0.2, -0.15) is 0 Å². The van der Waals surface area contributed by atoms with Crippen LogP contribution in [0.4, 0.5) is 5.69 Å². The van der Waals surface area contributed by atoms with Gasteiger partial charge < -0.3 is 5.32 Å². The van der Waals surface area contributed by atoms with Gasteiger partial charge in [0.05, 0.1) is 11.3 Å². The highest BCUT2D eigenvalue weighted by Gasteiger charge is 2.43. The molecule has 3 atom stereocenters. The molecule has 4 nitrogen and oxygen atoms in total. The Morgan fingerprint density at radius 1 is 0.846 bits per heavy atom. The van der Waals surface area contributed by atoms with Crippen LogP contribution in [0, 0.1) is 17.8 Å². The standard InChI is InChI=1S/C22H19NO3/c24-20-14-4-1-2-5-15(14)21(25)19-16(20)6-3-7-18(19)23-22(26)17-11-12-8-9-13(17)10-12/h1-7,12-13,17H,8-11H2,(H,23,26)/t12-,13-,17-/m0/s1. The Kier molecular flexibility index (Phi) is 3.36. The number of nitrogens with one attached hydrogen (secondary N) is 1. The lowest BCUT2D eigenvalue weighted by atomic mass is 9.83. The van der Waals surface area contributed by atoms with Gasteiger partial charge in [0.1, 0.15) is 0 Å². The van der Waals surface area contributed by atoms with Crippen LogP contribution in [0.15, 0.2) is 42.5 Å². The Morgan fingerprint density at radius 2 is 1.58 bits per heavy atom. The van der Waals surface area contributed by atoms with Crippen molar-refractivity contribution in [2.75, 3.05) is 5.32 Å². The molecule has 0 spiro atoms. The maximum absolute atomic E-state index is 13.0. The smallest absolute Gasteiger partial charge is 0.227 e. The first-order valence-corrected chi connectivity index (χ1v) is 9.26. The van der Waals surface area contributed by atoms with E-state index in [9.17, 15) is 14.4 Å². The third-order valence-corrected chi connectivity index (χ3v) is 6.29. The molecule has 2 bridgehead atoms. The van der Waals surface area contributed by atoms with Gasteiger partial charge in [0, 0.05) is 22.6 Å². The molecule has 2 saturated carbocycles. The molecule has 5 rings (SSSR count). The molecule has 0 aliphatic heterocycles. The van der Waals surface area contributed by atoms with Crippen LogP contribution in [0.2, 0.25) is 0 Å². The van der Waals surface area contributed by atoms with Crippen molar-refractivity contribution < 1.29 is 14.4 Å². The molecule has 2 fully saturated rings. The average Bonchev–Trinajstić information content (AvgIpc) is 3.29. The molecule has 0 heterocycles. The number of hydrogen-bond acceptors (Lipinski definition) is 3. The summed E-state index contributed by atoms with van der Waals surface area (Å²) in [6, 6.07) is 12.0. The van der Waals surface area contributed by atoms with Gasteiger partial charge in [0.25, 0.3) is 0 Å². The minimum atomic E-state index is -0.195. The molecule has 3 aliphatic rings. The van der Waals surface area contributed by atoms with Crippen molar-refractivity contribution in [3.8, 4) is 0 Å². The molecule has 2 aromatic carbocycles. The highest BCUT2D eigenvalue weighted by Crippen LogP contribution is 2.48. The zero-order valence-electron chi connectivity index (χ0n) is 14.3. The Labute approximate surface area is 151 Å².